The van der Waals surface area contributed by atoms with Crippen molar-refractivity contribution in [2.75, 3.05) is 36.5 Å². The number of aryl methyl sites for hydroxylation is 2. The van der Waals surface area contributed by atoms with Crippen molar-refractivity contribution < 1.29 is 22.7 Å². The fourth-order valence-corrected chi connectivity index (χ4v) is 8.54. The van der Waals surface area contributed by atoms with E-state index in [1.165, 1.54) is 12.1 Å². The number of hydrogen-bond donors (Lipinski definition) is 1. The number of nitrogens with zero attached hydrogens (tertiary/aromatic N) is 6. The molecule has 1 N–H and O–H groups in total. The van der Waals surface area contributed by atoms with Crippen LogP contribution in [0.1, 0.15) is 60.8 Å². The van der Waals surface area contributed by atoms with Crippen LogP contribution in [-0.4, -0.2) is 78.1 Å². The minimum absolute atomic E-state index is 0.0819. The van der Waals surface area contributed by atoms with Crippen LogP contribution in [0.4, 0.5) is 11.8 Å². The first kappa shape index (κ1) is 34.8. The van der Waals surface area contributed by atoms with Crippen molar-refractivity contribution in [2.24, 2.45) is 17.3 Å². The average molecular weight is 712 g/mol. The number of anilines is 2. The monoisotopic (exact) mass is 711 g/mol. The molecule has 2 aromatic carbocycles. The van der Waals surface area contributed by atoms with E-state index in [1.54, 1.807) is 35.5 Å². The van der Waals surface area contributed by atoms with E-state index in [4.69, 9.17) is 14.5 Å². The standard InChI is InChI=1S/C38H45N7O5S/c1-23-9-7-10-24(2)35(23)31-15-34-42-37(41-31)43-51(47,48)29-12-8-11-25(13-29)36(46)45(28(21-50-34)16-38(3,4)5)19-27-17-39-18-33(40-27)44(6)32-14-26-20-49-22-30(26)32/h7-13,15,17-18,26,28,30,32H,14,16,19-22H2,1-6H3,(H,41,42,43)/t26-,28+,30+,32+/m0/s1. The maximum Gasteiger partial charge on any atom is 0.264 e. The molecule has 1 aliphatic carbocycles. The third-order valence-electron chi connectivity index (χ3n) is 10.2. The van der Waals surface area contributed by atoms with Crippen molar-refractivity contribution in [3.63, 3.8) is 0 Å². The lowest BCUT2D eigenvalue weighted by Gasteiger charge is -2.44. The summed E-state index contributed by atoms with van der Waals surface area (Å²) >= 11 is 0. The summed E-state index contributed by atoms with van der Waals surface area (Å²) in [7, 11) is -2.15. The lowest BCUT2D eigenvalue weighted by atomic mass is 9.71. The molecule has 7 rings (SSSR count). The number of amides is 1. The number of carbonyl (C=O) groups excluding carboxylic acids is 1. The molecule has 12 nitrogen and oxygen atoms in total. The fourth-order valence-electron chi connectivity index (χ4n) is 7.55. The molecule has 4 heterocycles. The van der Waals surface area contributed by atoms with Crippen LogP contribution in [0.2, 0.25) is 0 Å². The van der Waals surface area contributed by atoms with Crippen LogP contribution in [0.3, 0.4) is 0 Å². The van der Waals surface area contributed by atoms with Gasteiger partial charge in [-0.15, -0.1) is 0 Å². The van der Waals surface area contributed by atoms with E-state index >= 15 is 0 Å². The normalized spacial score (nSPS) is 22.7. The Morgan fingerprint density at radius 2 is 1.75 bits per heavy atom. The Balaban J connectivity index is 1.29. The molecule has 268 valence electrons. The van der Waals surface area contributed by atoms with Gasteiger partial charge in [0.2, 0.25) is 11.8 Å². The molecule has 2 aliphatic heterocycles. The van der Waals surface area contributed by atoms with Crippen LogP contribution in [0.15, 0.2) is 65.8 Å². The highest BCUT2D eigenvalue weighted by Crippen LogP contribution is 2.43. The highest BCUT2D eigenvalue weighted by Gasteiger charge is 2.47. The van der Waals surface area contributed by atoms with E-state index in [0.717, 1.165) is 42.1 Å². The smallest absolute Gasteiger partial charge is 0.264 e. The number of rotatable bonds is 6. The van der Waals surface area contributed by atoms with Gasteiger partial charge in [0.15, 0.2) is 0 Å². The number of hydrogen-bond acceptors (Lipinski definition) is 10. The van der Waals surface area contributed by atoms with E-state index in [1.807, 2.05) is 39.1 Å². The number of aromatic nitrogens is 4. The Morgan fingerprint density at radius 1 is 0.980 bits per heavy atom. The molecule has 51 heavy (non-hydrogen) atoms. The Morgan fingerprint density at radius 3 is 2.49 bits per heavy atom. The largest absolute Gasteiger partial charge is 0.475 e. The molecule has 0 spiro atoms. The highest BCUT2D eigenvalue weighted by atomic mass is 32.2. The summed E-state index contributed by atoms with van der Waals surface area (Å²) in [5.41, 5.74) is 3.97. The van der Waals surface area contributed by atoms with E-state index in [9.17, 15) is 13.2 Å². The number of ether oxygens (including phenoxy) is 2. The number of fused-ring (bicyclic) bond motifs is 5. The summed E-state index contributed by atoms with van der Waals surface area (Å²) in [4.78, 5) is 37.1. The minimum atomic E-state index is -4.18. The zero-order chi connectivity index (χ0) is 36.1. The first-order chi connectivity index (χ1) is 24.3. The maximum absolute atomic E-state index is 14.6. The Labute approximate surface area is 299 Å². The summed E-state index contributed by atoms with van der Waals surface area (Å²) in [6, 6.07) is 13.6. The topological polar surface area (TPSA) is 140 Å². The van der Waals surface area contributed by atoms with Gasteiger partial charge in [-0.3, -0.25) is 9.78 Å². The average Bonchev–Trinajstić information content (AvgIpc) is 3.44. The second kappa shape index (κ2) is 13.5. The molecule has 0 radical (unpaired) electrons. The first-order valence-corrected chi connectivity index (χ1v) is 18.9. The quantitative estimate of drug-likeness (QED) is 0.267. The van der Waals surface area contributed by atoms with Crippen LogP contribution in [-0.2, 0) is 21.3 Å². The second-order valence-corrected chi connectivity index (χ2v) is 16.9. The third-order valence-corrected chi connectivity index (χ3v) is 11.5. The molecule has 2 fully saturated rings. The molecule has 0 unspecified atom stereocenters. The summed E-state index contributed by atoms with van der Waals surface area (Å²) in [5.74, 6) is 1.53. The van der Waals surface area contributed by atoms with Gasteiger partial charge < -0.3 is 19.3 Å². The van der Waals surface area contributed by atoms with Gasteiger partial charge in [-0.2, -0.15) is 4.98 Å². The van der Waals surface area contributed by atoms with Gasteiger partial charge in [-0.05, 0) is 67.3 Å². The second-order valence-electron chi connectivity index (χ2n) is 15.2. The Hall–Kier alpha value is -4.62. The van der Waals surface area contributed by atoms with Gasteiger partial charge >= 0.3 is 0 Å². The molecule has 4 aromatic rings. The maximum atomic E-state index is 14.6. The predicted octanol–water partition coefficient (Wildman–Crippen LogP) is 5.66. The molecule has 1 saturated heterocycles. The van der Waals surface area contributed by atoms with Crippen molar-refractivity contribution in [1.82, 2.24) is 24.8 Å². The molecular weight excluding hydrogens is 667 g/mol. The van der Waals surface area contributed by atoms with Crippen LogP contribution in [0.25, 0.3) is 11.3 Å². The van der Waals surface area contributed by atoms with Gasteiger partial charge in [0, 0.05) is 42.8 Å². The highest BCUT2D eigenvalue weighted by molar-refractivity contribution is 7.92. The number of benzene rings is 2. The van der Waals surface area contributed by atoms with Crippen LogP contribution < -0.4 is 14.4 Å². The van der Waals surface area contributed by atoms with E-state index in [-0.39, 0.29) is 46.8 Å². The first-order valence-electron chi connectivity index (χ1n) is 17.4. The molecule has 4 atom stereocenters. The molecular formula is C38H45N7O5S. The van der Waals surface area contributed by atoms with Gasteiger partial charge in [0.1, 0.15) is 12.4 Å². The summed E-state index contributed by atoms with van der Waals surface area (Å²) in [5, 5.41) is 0. The van der Waals surface area contributed by atoms with Crippen molar-refractivity contribution in [3.05, 3.63) is 83.3 Å². The molecule has 1 saturated carbocycles. The van der Waals surface area contributed by atoms with Crippen LogP contribution in [0, 0.1) is 31.1 Å². The van der Waals surface area contributed by atoms with Crippen LogP contribution in [0.5, 0.6) is 5.88 Å². The lowest BCUT2D eigenvalue weighted by Crippen LogP contribution is -2.51. The van der Waals surface area contributed by atoms with E-state index in [0.29, 0.717) is 35.7 Å². The number of carbonyl (C=O) groups is 1. The van der Waals surface area contributed by atoms with Crippen molar-refractivity contribution in [2.45, 2.75) is 71.0 Å². The number of nitrogens with one attached hydrogen (secondary N) is 1. The van der Waals surface area contributed by atoms with Crippen molar-refractivity contribution in [1.29, 1.82) is 0 Å². The number of sulfonamides is 1. The van der Waals surface area contributed by atoms with Gasteiger partial charge in [-0.25, -0.2) is 23.1 Å². The summed E-state index contributed by atoms with van der Waals surface area (Å²) in [6.07, 6.45) is 5.06. The van der Waals surface area contributed by atoms with E-state index in [2.05, 4.69) is 45.3 Å². The molecule has 13 heteroatoms. The van der Waals surface area contributed by atoms with E-state index < -0.39 is 16.1 Å². The lowest BCUT2D eigenvalue weighted by molar-refractivity contribution is 0.0509. The Kier molecular flexibility index (Phi) is 9.21. The summed E-state index contributed by atoms with van der Waals surface area (Å²) < 4.78 is 42.2. The Bertz CT molecular complexity index is 2050. The van der Waals surface area contributed by atoms with Crippen molar-refractivity contribution in [3.8, 4) is 17.1 Å². The predicted molar refractivity (Wildman–Crippen MR) is 194 cm³/mol. The van der Waals surface area contributed by atoms with Crippen LogP contribution >= 0.6 is 0 Å². The fraction of sp³-hybridized carbons (Fsp3) is 0.447. The zero-order valence-corrected chi connectivity index (χ0v) is 30.8. The third kappa shape index (κ3) is 7.27. The molecule has 4 bridgehead atoms. The van der Waals surface area contributed by atoms with Gasteiger partial charge in [0.05, 0.1) is 47.9 Å². The zero-order valence-electron chi connectivity index (χ0n) is 30.0. The molecule has 2 aromatic heterocycles. The summed E-state index contributed by atoms with van der Waals surface area (Å²) in [6.45, 7) is 12.1. The molecule has 3 aliphatic rings. The van der Waals surface area contributed by atoms with Crippen molar-refractivity contribution >= 4 is 27.7 Å². The van der Waals surface area contributed by atoms with Gasteiger partial charge in [0.25, 0.3) is 15.9 Å². The SMILES string of the molecule is Cc1cccc(C)c1-c1cc2nc(n1)NS(=O)(=O)c1cccc(c1)C(=O)N(Cc1cncc(N(C)[C@@H]3C[C@H]4COC[C@H]43)n1)[C@H](CC(C)(C)C)CO2. The molecule has 1 amide bonds. The van der Waals surface area contributed by atoms with Gasteiger partial charge in [-0.1, -0.05) is 45.0 Å². The minimum Gasteiger partial charge on any atom is -0.475 e.